The smallest absolute Gasteiger partial charge is 0.405 e. The highest BCUT2D eigenvalue weighted by Crippen LogP contribution is 2.22. The third-order valence-electron chi connectivity index (χ3n) is 1.89. The normalized spacial score (nSPS) is 18.1. The largest absolute Gasteiger partial charge is 0.453 e. The summed E-state index contributed by atoms with van der Waals surface area (Å²) in [5.41, 5.74) is 0.649. The van der Waals surface area contributed by atoms with Gasteiger partial charge in [-0.3, -0.25) is 0 Å². The topological polar surface area (TPSA) is 65.0 Å². The number of rotatable bonds is 1. The molecule has 0 saturated carbocycles. The van der Waals surface area contributed by atoms with E-state index in [0.29, 0.717) is 5.56 Å². The summed E-state index contributed by atoms with van der Waals surface area (Å²) in [7, 11) is -2.37. The average molecular weight is 239 g/mol. The number of hydrogen-bond donors (Lipinski definition) is 0. The van der Waals surface area contributed by atoms with Crippen molar-refractivity contribution < 1.29 is 17.9 Å². The van der Waals surface area contributed by atoms with E-state index in [-0.39, 0.29) is 11.8 Å². The Kier molecular flexibility index (Phi) is 2.66. The monoisotopic (exact) mass is 239 g/mol. The maximum atomic E-state index is 11.4. The molecule has 1 aromatic carbocycles. The molecule has 1 aromatic rings. The molecule has 84 valence electrons. The zero-order valence-electron chi connectivity index (χ0n) is 8.45. The molecular formula is C10H9NO4S. The lowest BCUT2D eigenvalue weighted by Crippen LogP contribution is -2.14. The van der Waals surface area contributed by atoms with E-state index in [9.17, 15) is 8.42 Å². The maximum absolute atomic E-state index is 11.4. The van der Waals surface area contributed by atoms with E-state index in [1.54, 1.807) is 24.3 Å². The summed E-state index contributed by atoms with van der Waals surface area (Å²) >= 11 is 0. The predicted molar refractivity (Wildman–Crippen MR) is 58.9 cm³/mol. The Morgan fingerprint density at radius 1 is 1.25 bits per heavy atom. The lowest BCUT2D eigenvalue weighted by molar-refractivity contribution is 0.283. The van der Waals surface area contributed by atoms with E-state index in [1.165, 1.54) is 7.11 Å². The van der Waals surface area contributed by atoms with Crippen LogP contribution in [0.4, 0.5) is 0 Å². The van der Waals surface area contributed by atoms with Gasteiger partial charge in [-0.25, -0.2) is 0 Å². The van der Waals surface area contributed by atoms with Gasteiger partial charge in [0.25, 0.3) is 10.0 Å². The molecular weight excluding hydrogens is 230 g/mol. The minimum absolute atomic E-state index is 0.201. The first-order valence-corrected chi connectivity index (χ1v) is 5.95. The van der Waals surface area contributed by atoms with E-state index in [1.807, 2.05) is 6.07 Å². The fourth-order valence-electron chi connectivity index (χ4n) is 1.21. The van der Waals surface area contributed by atoms with Gasteiger partial charge >= 0.3 is 6.08 Å². The Morgan fingerprint density at radius 2 is 1.94 bits per heavy atom. The second-order valence-corrected chi connectivity index (χ2v) is 4.47. The van der Waals surface area contributed by atoms with Crippen molar-refractivity contribution in [2.45, 2.75) is 0 Å². The first kappa shape index (κ1) is 10.7. The molecule has 0 spiro atoms. The molecule has 0 aromatic heterocycles. The molecule has 0 amide bonds. The third-order valence-corrected chi connectivity index (χ3v) is 2.80. The van der Waals surface area contributed by atoms with Crippen LogP contribution in [-0.4, -0.2) is 21.6 Å². The molecule has 0 bridgehead atoms. The highest BCUT2D eigenvalue weighted by molar-refractivity contribution is 7.93. The highest BCUT2D eigenvalue weighted by atomic mass is 32.2. The zero-order chi connectivity index (χ0) is 11.6. The average Bonchev–Trinajstić information content (AvgIpc) is 2.28. The number of nitrogens with zero attached hydrogens (tertiary/aromatic N) is 1. The van der Waals surface area contributed by atoms with Crippen LogP contribution in [-0.2, 0) is 19.5 Å². The Bertz CT molecular complexity index is 545. The summed E-state index contributed by atoms with van der Waals surface area (Å²) in [4.78, 5) is 0. The molecule has 0 fully saturated rings. The van der Waals surface area contributed by atoms with Crippen molar-refractivity contribution in [2.24, 2.45) is 4.40 Å². The van der Waals surface area contributed by atoms with Gasteiger partial charge in [0.1, 0.15) is 0 Å². The van der Waals surface area contributed by atoms with Crippen LogP contribution in [0, 0.1) is 0 Å². The number of benzene rings is 1. The van der Waals surface area contributed by atoms with Gasteiger partial charge in [0.05, 0.1) is 12.5 Å². The van der Waals surface area contributed by atoms with Crippen molar-refractivity contribution in [3.05, 3.63) is 41.3 Å². The van der Waals surface area contributed by atoms with Crippen molar-refractivity contribution >= 4 is 21.9 Å². The molecule has 16 heavy (non-hydrogen) atoms. The summed E-state index contributed by atoms with van der Waals surface area (Å²) in [5, 5.41) is 0.963. The highest BCUT2D eigenvalue weighted by Gasteiger charge is 2.21. The van der Waals surface area contributed by atoms with Gasteiger partial charge in [-0.05, 0) is 0 Å². The van der Waals surface area contributed by atoms with Crippen molar-refractivity contribution in [3.63, 3.8) is 0 Å². The van der Waals surface area contributed by atoms with E-state index in [0.717, 1.165) is 5.41 Å². The second-order valence-electron chi connectivity index (χ2n) is 3.03. The van der Waals surface area contributed by atoms with Crippen molar-refractivity contribution in [3.8, 4) is 0 Å². The molecule has 1 aliphatic rings. The minimum atomic E-state index is -3.67. The van der Waals surface area contributed by atoms with Gasteiger partial charge in [0.15, 0.2) is 5.76 Å². The van der Waals surface area contributed by atoms with Crippen LogP contribution in [0.1, 0.15) is 5.56 Å². The van der Waals surface area contributed by atoms with E-state index in [4.69, 9.17) is 4.74 Å². The van der Waals surface area contributed by atoms with Gasteiger partial charge < -0.3 is 9.47 Å². The Hall–Kier alpha value is -1.82. The van der Waals surface area contributed by atoms with Gasteiger partial charge in [-0.15, -0.1) is 0 Å². The van der Waals surface area contributed by atoms with E-state index < -0.39 is 10.0 Å². The molecule has 1 aliphatic heterocycles. The number of hydrogen-bond acceptors (Lipinski definition) is 4. The standard InChI is InChI=1S/C10H9NO4S/c1-14-10-11-16(12,13)7-9(15-10)8-5-3-2-4-6-8/h2-7H,1H3. The summed E-state index contributed by atoms with van der Waals surface area (Å²) in [5.74, 6) is 0.201. The van der Waals surface area contributed by atoms with Gasteiger partial charge in [-0.1, -0.05) is 34.7 Å². The Balaban J connectivity index is 2.42. The van der Waals surface area contributed by atoms with Crippen LogP contribution in [0.15, 0.2) is 40.1 Å². The Morgan fingerprint density at radius 3 is 2.56 bits per heavy atom. The number of ether oxygens (including phenoxy) is 2. The number of methoxy groups -OCH3 is 1. The fraction of sp³-hybridized carbons (Fsp3) is 0.100. The van der Waals surface area contributed by atoms with Crippen molar-refractivity contribution in [1.82, 2.24) is 0 Å². The quantitative estimate of drug-likeness (QED) is 0.742. The summed E-state index contributed by atoms with van der Waals surface area (Å²) in [6.07, 6.45) is -0.277. The van der Waals surface area contributed by atoms with Crippen molar-refractivity contribution in [2.75, 3.05) is 7.11 Å². The summed E-state index contributed by atoms with van der Waals surface area (Å²) in [6, 6.07) is 8.86. The van der Waals surface area contributed by atoms with E-state index >= 15 is 0 Å². The fourth-order valence-corrected chi connectivity index (χ4v) is 2.04. The van der Waals surface area contributed by atoms with Crippen LogP contribution >= 0.6 is 0 Å². The van der Waals surface area contributed by atoms with Crippen LogP contribution in [0.5, 0.6) is 0 Å². The lowest BCUT2D eigenvalue weighted by Gasteiger charge is -2.13. The molecule has 0 atom stereocenters. The van der Waals surface area contributed by atoms with Gasteiger partial charge in [0.2, 0.25) is 0 Å². The first-order valence-electron chi connectivity index (χ1n) is 4.45. The minimum Gasteiger partial charge on any atom is -0.453 e. The van der Waals surface area contributed by atoms with Crippen LogP contribution < -0.4 is 0 Å². The maximum Gasteiger partial charge on any atom is 0.405 e. The molecule has 0 N–H and O–H groups in total. The zero-order valence-corrected chi connectivity index (χ0v) is 9.27. The summed E-state index contributed by atoms with van der Waals surface area (Å²) < 4.78 is 35.9. The van der Waals surface area contributed by atoms with Crippen LogP contribution in [0.3, 0.4) is 0 Å². The number of sulfonamides is 1. The second kappa shape index (κ2) is 3.97. The molecule has 0 unspecified atom stereocenters. The molecule has 0 radical (unpaired) electrons. The van der Waals surface area contributed by atoms with Gasteiger partial charge in [0, 0.05) is 5.56 Å². The molecule has 6 heteroatoms. The third kappa shape index (κ3) is 2.22. The predicted octanol–water partition coefficient (Wildman–Crippen LogP) is 1.35. The molecule has 5 nitrogen and oxygen atoms in total. The lowest BCUT2D eigenvalue weighted by atomic mass is 10.2. The molecule has 2 rings (SSSR count). The Labute approximate surface area is 93.1 Å². The summed E-state index contributed by atoms with van der Waals surface area (Å²) in [6.45, 7) is 0. The first-order chi connectivity index (χ1) is 7.61. The SMILES string of the molecule is COC1=NS(=O)(=O)C=C(c2ccccc2)O1. The van der Waals surface area contributed by atoms with Crippen LogP contribution in [0.25, 0.3) is 5.76 Å². The molecule has 0 aliphatic carbocycles. The van der Waals surface area contributed by atoms with Crippen molar-refractivity contribution in [1.29, 1.82) is 0 Å². The molecule has 0 saturated heterocycles. The van der Waals surface area contributed by atoms with E-state index in [2.05, 4.69) is 9.13 Å². The van der Waals surface area contributed by atoms with Gasteiger partial charge in [-0.2, -0.15) is 8.42 Å². The van der Waals surface area contributed by atoms with Crippen LogP contribution in [0.2, 0.25) is 0 Å². The molecule has 1 heterocycles.